The van der Waals surface area contributed by atoms with Crippen molar-refractivity contribution in [1.29, 1.82) is 0 Å². The molecule has 1 aliphatic rings. The van der Waals surface area contributed by atoms with Gasteiger partial charge in [0.2, 0.25) is 0 Å². The van der Waals surface area contributed by atoms with Gasteiger partial charge in [-0.3, -0.25) is 9.59 Å². The molecule has 2 atom stereocenters. The molecule has 0 aliphatic heterocycles. The first-order chi connectivity index (χ1) is 15.5. The van der Waals surface area contributed by atoms with E-state index >= 15 is 0 Å². The summed E-state index contributed by atoms with van der Waals surface area (Å²) in [4.78, 5) is 26.0. The Morgan fingerprint density at radius 1 is 0.969 bits per heavy atom. The maximum atomic E-state index is 13.2. The van der Waals surface area contributed by atoms with Gasteiger partial charge in [-0.15, -0.1) is 0 Å². The topological polar surface area (TPSA) is 80.3 Å². The molecule has 0 fully saturated rings. The summed E-state index contributed by atoms with van der Waals surface area (Å²) < 4.78 is 27.1. The van der Waals surface area contributed by atoms with E-state index in [4.69, 9.17) is 23.7 Å². The number of esters is 1. The Hall–Kier alpha value is -3.48. The van der Waals surface area contributed by atoms with Crippen molar-refractivity contribution >= 4 is 17.3 Å². The molecule has 3 rings (SSSR count). The number of carbonyl (C=O) groups is 2. The van der Waals surface area contributed by atoms with E-state index in [2.05, 4.69) is 0 Å². The van der Waals surface area contributed by atoms with Gasteiger partial charge in [0.1, 0.15) is 17.4 Å². The van der Waals surface area contributed by atoms with Gasteiger partial charge in [0, 0.05) is 17.5 Å². The Labute approximate surface area is 187 Å². The standard InChI is InChI=1S/C25H28O7/c1-6-32-25(27)23-20(19-8-7-9-22(30-4)24(19)31-5)12-16(13-21(23)26)15-10-17(28-2)14-18(11-15)29-3/h7-11,13-14,20,23H,6,12H2,1-5H3/t20-,23+/m1/s1. The summed E-state index contributed by atoms with van der Waals surface area (Å²) in [5, 5.41) is 0. The summed E-state index contributed by atoms with van der Waals surface area (Å²) in [5.74, 6) is -0.111. The van der Waals surface area contributed by atoms with Gasteiger partial charge in [-0.1, -0.05) is 12.1 Å². The van der Waals surface area contributed by atoms with Gasteiger partial charge in [0.15, 0.2) is 17.3 Å². The predicted octanol–water partition coefficient (Wildman–Crippen LogP) is 4.04. The normalized spacial score (nSPS) is 17.9. The van der Waals surface area contributed by atoms with Crippen LogP contribution in [0.15, 0.2) is 42.5 Å². The highest BCUT2D eigenvalue weighted by atomic mass is 16.5. The second-order valence-corrected chi connectivity index (χ2v) is 7.30. The van der Waals surface area contributed by atoms with Crippen LogP contribution in [-0.2, 0) is 14.3 Å². The molecule has 2 aromatic rings. The van der Waals surface area contributed by atoms with Gasteiger partial charge < -0.3 is 23.7 Å². The number of hydrogen-bond donors (Lipinski definition) is 0. The van der Waals surface area contributed by atoms with Crippen molar-refractivity contribution in [3.05, 3.63) is 53.6 Å². The van der Waals surface area contributed by atoms with Crippen molar-refractivity contribution in [2.45, 2.75) is 19.3 Å². The third-order valence-electron chi connectivity index (χ3n) is 5.56. The highest BCUT2D eigenvalue weighted by molar-refractivity contribution is 6.10. The molecule has 0 unspecified atom stereocenters. The number of rotatable bonds is 8. The molecule has 170 valence electrons. The van der Waals surface area contributed by atoms with Crippen LogP contribution in [0.25, 0.3) is 5.57 Å². The van der Waals surface area contributed by atoms with Crippen LogP contribution < -0.4 is 18.9 Å². The molecule has 0 aromatic heterocycles. The van der Waals surface area contributed by atoms with E-state index in [-0.39, 0.29) is 12.4 Å². The Balaban J connectivity index is 2.14. The number of methoxy groups -OCH3 is 4. The van der Waals surface area contributed by atoms with E-state index in [1.54, 1.807) is 40.4 Å². The van der Waals surface area contributed by atoms with Crippen LogP contribution in [-0.4, -0.2) is 46.8 Å². The number of carbonyl (C=O) groups excluding carboxylic acids is 2. The van der Waals surface area contributed by atoms with Crippen molar-refractivity contribution in [3.8, 4) is 23.0 Å². The second kappa shape index (κ2) is 10.2. The van der Waals surface area contributed by atoms with Crippen LogP contribution >= 0.6 is 0 Å². The minimum atomic E-state index is -0.979. The molecule has 0 heterocycles. The van der Waals surface area contributed by atoms with Crippen molar-refractivity contribution in [2.24, 2.45) is 5.92 Å². The number of hydrogen-bond acceptors (Lipinski definition) is 7. The first-order valence-electron chi connectivity index (χ1n) is 10.3. The second-order valence-electron chi connectivity index (χ2n) is 7.30. The third kappa shape index (κ3) is 4.56. The summed E-state index contributed by atoms with van der Waals surface area (Å²) in [6.45, 7) is 1.91. The fourth-order valence-corrected chi connectivity index (χ4v) is 4.07. The Bertz CT molecular complexity index is 1000. The summed E-state index contributed by atoms with van der Waals surface area (Å²) in [6, 6.07) is 10.9. The molecule has 0 radical (unpaired) electrons. The average molecular weight is 440 g/mol. The van der Waals surface area contributed by atoms with Crippen molar-refractivity contribution in [3.63, 3.8) is 0 Å². The predicted molar refractivity (Wildman–Crippen MR) is 120 cm³/mol. The van der Waals surface area contributed by atoms with E-state index in [0.717, 1.165) is 11.1 Å². The molecule has 0 N–H and O–H groups in total. The van der Waals surface area contributed by atoms with Crippen molar-refractivity contribution in [1.82, 2.24) is 0 Å². The summed E-state index contributed by atoms with van der Waals surface area (Å²) in [5.41, 5.74) is 2.25. The summed E-state index contributed by atoms with van der Waals surface area (Å²) >= 11 is 0. The van der Waals surface area contributed by atoms with Gasteiger partial charge in [0.05, 0.1) is 35.0 Å². The molecule has 0 bridgehead atoms. The molecule has 0 saturated heterocycles. The maximum Gasteiger partial charge on any atom is 0.317 e. The van der Waals surface area contributed by atoms with Gasteiger partial charge in [-0.2, -0.15) is 0 Å². The van der Waals surface area contributed by atoms with Crippen LogP contribution in [0.2, 0.25) is 0 Å². The third-order valence-corrected chi connectivity index (χ3v) is 5.56. The van der Waals surface area contributed by atoms with Gasteiger partial charge in [-0.05, 0) is 48.8 Å². The van der Waals surface area contributed by atoms with E-state index in [1.807, 2.05) is 24.3 Å². The van der Waals surface area contributed by atoms with E-state index in [1.165, 1.54) is 13.2 Å². The molecular formula is C25H28O7. The summed E-state index contributed by atoms with van der Waals surface area (Å²) in [6.07, 6.45) is 1.92. The lowest BCUT2D eigenvalue weighted by Crippen LogP contribution is -2.34. The van der Waals surface area contributed by atoms with Crippen LogP contribution in [0, 0.1) is 5.92 Å². The molecule has 1 aliphatic carbocycles. The van der Waals surface area contributed by atoms with Crippen molar-refractivity contribution in [2.75, 3.05) is 35.0 Å². The first-order valence-corrected chi connectivity index (χ1v) is 10.3. The lowest BCUT2D eigenvalue weighted by molar-refractivity contribution is -0.151. The fourth-order valence-electron chi connectivity index (χ4n) is 4.07. The minimum absolute atomic E-state index is 0.189. The smallest absolute Gasteiger partial charge is 0.317 e. The molecule has 7 heteroatoms. The molecule has 0 amide bonds. The minimum Gasteiger partial charge on any atom is -0.497 e. The molecule has 2 aromatic carbocycles. The quantitative estimate of drug-likeness (QED) is 0.453. The molecule has 7 nitrogen and oxygen atoms in total. The van der Waals surface area contributed by atoms with Crippen LogP contribution in [0.4, 0.5) is 0 Å². The zero-order chi connectivity index (χ0) is 23.3. The van der Waals surface area contributed by atoms with E-state index in [0.29, 0.717) is 35.0 Å². The first kappa shape index (κ1) is 23.2. The molecule has 0 saturated carbocycles. The lowest BCUT2D eigenvalue weighted by atomic mass is 9.73. The number of benzene rings is 2. The highest BCUT2D eigenvalue weighted by Crippen LogP contribution is 2.46. The van der Waals surface area contributed by atoms with Gasteiger partial charge >= 0.3 is 5.97 Å². The number of allylic oxidation sites excluding steroid dienone is 2. The fraction of sp³-hybridized carbons (Fsp3) is 0.360. The zero-order valence-corrected chi connectivity index (χ0v) is 19.0. The number of para-hydroxylation sites is 1. The zero-order valence-electron chi connectivity index (χ0n) is 19.0. The van der Waals surface area contributed by atoms with Crippen LogP contribution in [0.3, 0.4) is 0 Å². The average Bonchev–Trinajstić information content (AvgIpc) is 2.82. The SMILES string of the molecule is CCOC(=O)[C@@H]1C(=O)C=C(c2cc(OC)cc(OC)c2)C[C@@H]1c1cccc(OC)c1OC. The highest BCUT2D eigenvalue weighted by Gasteiger charge is 2.41. The number of ketones is 1. The van der Waals surface area contributed by atoms with E-state index in [9.17, 15) is 9.59 Å². The van der Waals surface area contributed by atoms with Gasteiger partial charge in [-0.25, -0.2) is 0 Å². The Morgan fingerprint density at radius 3 is 2.22 bits per heavy atom. The maximum absolute atomic E-state index is 13.2. The Morgan fingerprint density at radius 2 is 1.66 bits per heavy atom. The van der Waals surface area contributed by atoms with E-state index < -0.39 is 17.8 Å². The lowest BCUT2D eigenvalue weighted by Gasteiger charge is -2.31. The summed E-state index contributed by atoms with van der Waals surface area (Å²) in [7, 11) is 6.22. The van der Waals surface area contributed by atoms with Crippen molar-refractivity contribution < 1.29 is 33.3 Å². The number of ether oxygens (including phenoxy) is 5. The monoisotopic (exact) mass is 440 g/mol. The Kier molecular flexibility index (Phi) is 7.41. The van der Waals surface area contributed by atoms with Gasteiger partial charge in [0.25, 0.3) is 0 Å². The van der Waals surface area contributed by atoms with Crippen LogP contribution in [0.5, 0.6) is 23.0 Å². The molecular weight excluding hydrogens is 412 g/mol. The largest absolute Gasteiger partial charge is 0.497 e. The molecule has 32 heavy (non-hydrogen) atoms. The van der Waals surface area contributed by atoms with Crippen LogP contribution in [0.1, 0.15) is 30.4 Å². The molecule has 0 spiro atoms.